The minimum atomic E-state index is 1.01. The highest BCUT2D eigenvalue weighted by molar-refractivity contribution is 7.98. The van der Waals surface area contributed by atoms with Gasteiger partial charge in [-0.25, -0.2) is 0 Å². The van der Waals surface area contributed by atoms with Crippen LogP contribution in [-0.4, -0.2) is 11.2 Å². The normalized spacial score (nSPS) is 9.93. The molecule has 1 heterocycles. The first-order chi connectivity index (χ1) is 7.38. The van der Waals surface area contributed by atoms with E-state index in [1.54, 1.807) is 18.0 Å². The third kappa shape index (κ3) is 2.73. The fourth-order valence-corrected chi connectivity index (χ4v) is 1.69. The highest BCUT2D eigenvalue weighted by Gasteiger charge is 1.94. The number of thioether (sulfide) groups is 1. The van der Waals surface area contributed by atoms with Crippen LogP contribution < -0.4 is 5.32 Å². The first-order valence-corrected chi connectivity index (χ1v) is 5.92. The largest absolute Gasteiger partial charge is 0.354 e. The van der Waals surface area contributed by atoms with Crippen molar-refractivity contribution in [3.05, 3.63) is 48.8 Å². The molecule has 0 saturated heterocycles. The Morgan fingerprint density at radius 2 is 1.87 bits per heavy atom. The Morgan fingerprint density at radius 3 is 2.47 bits per heavy atom. The quantitative estimate of drug-likeness (QED) is 0.794. The third-order valence-electron chi connectivity index (χ3n) is 2.04. The zero-order chi connectivity index (χ0) is 10.5. The number of hydrogen-bond acceptors (Lipinski definition) is 3. The standard InChI is InChI=1S/C12H12N2S/c1-15-12-6-4-10(5-7-12)14-11-3-2-8-13-9-11/h2-9,14H,1H3. The first-order valence-electron chi connectivity index (χ1n) is 4.69. The predicted octanol–water partition coefficient (Wildman–Crippen LogP) is 3.55. The van der Waals surface area contributed by atoms with Gasteiger partial charge in [-0.2, -0.15) is 0 Å². The summed E-state index contributed by atoms with van der Waals surface area (Å²) in [5, 5.41) is 3.28. The van der Waals surface area contributed by atoms with Crippen LogP contribution in [0.5, 0.6) is 0 Å². The van der Waals surface area contributed by atoms with Crippen molar-refractivity contribution in [2.45, 2.75) is 4.90 Å². The van der Waals surface area contributed by atoms with E-state index < -0.39 is 0 Å². The van der Waals surface area contributed by atoms with E-state index in [2.05, 4.69) is 40.8 Å². The fraction of sp³-hybridized carbons (Fsp3) is 0.0833. The number of pyridine rings is 1. The maximum Gasteiger partial charge on any atom is 0.0570 e. The van der Waals surface area contributed by atoms with Crippen LogP contribution in [0.15, 0.2) is 53.7 Å². The molecule has 0 aliphatic heterocycles. The van der Waals surface area contributed by atoms with Gasteiger partial charge in [0.15, 0.2) is 0 Å². The second-order valence-electron chi connectivity index (χ2n) is 3.10. The number of aromatic nitrogens is 1. The topological polar surface area (TPSA) is 24.9 Å². The van der Waals surface area contributed by atoms with Crippen molar-refractivity contribution in [3.63, 3.8) is 0 Å². The Kier molecular flexibility index (Phi) is 3.25. The van der Waals surface area contributed by atoms with E-state index in [9.17, 15) is 0 Å². The van der Waals surface area contributed by atoms with Gasteiger partial charge in [0.25, 0.3) is 0 Å². The molecular formula is C12H12N2S. The number of nitrogens with zero attached hydrogens (tertiary/aromatic N) is 1. The molecule has 0 spiro atoms. The summed E-state index contributed by atoms with van der Waals surface area (Å²) in [6.07, 6.45) is 5.65. The van der Waals surface area contributed by atoms with Crippen molar-refractivity contribution >= 4 is 23.1 Å². The van der Waals surface area contributed by atoms with Crippen LogP contribution in [0.2, 0.25) is 0 Å². The van der Waals surface area contributed by atoms with Crippen LogP contribution in [0.25, 0.3) is 0 Å². The lowest BCUT2D eigenvalue weighted by atomic mass is 10.3. The Morgan fingerprint density at radius 1 is 1.07 bits per heavy atom. The minimum absolute atomic E-state index is 1.01. The van der Waals surface area contributed by atoms with Crippen molar-refractivity contribution in [2.75, 3.05) is 11.6 Å². The summed E-state index contributed by atoms with van der Waals surface area (Å²) in [6, 6.07) is 12.2. The Labute approximate surface area is 93.7 Å². The molecule has 0 atom stereocenters. The Bertz CT molecular complexity index is 411. The summed E-state index contributed by atoms with van der Waals surface area (Å²) in [7, 11) is 0. The molecule has 0 aliphatic carbocycles. The zero-order valence-corrected chi connectivity index (χ0v) is 9.29. The van der Waals surface area contributed by atoms with E-state index in [-0.39, 0.29) is 0 Å². The van der Waals surface area contributed by atoms with E-state index in [4.69, 9.17) is 0 Å². The van der Waals surface area contributed by atoms with Gasteiger partial charge in [0.2, 0.25) is 0 Å². The second kappa shape index (κ2) is 4.84. The molecule has 1 N–H and O–H groups in total. The van der Waals surface area contributed by atoms with Gasteiger partial charge in [-0.3, -0.25) is 4.98 Å². The summed E-state index contributed by atoms with van der Waals surface area (Å²) in [5.74, 6) is 0. The molecule has 1 aromatic carbocycles. The Hall–Kier alpha value is -1.48. The van der Waals surface area contributed by atoms with Crippen molar-refractivity contribution < 1.29 is 0 Å². The molecular weight excluding hydrogens is 204 g/mol. The molecule has 0 unspecified atom stereocenters. The number of benzene rings is 1. The van der Waals surface area contributed by atoms with Crippen molar-refractivity contribution in [2.24, 2.45) is 0 Å². The smallest absolute Gasteiger partial charge is 0.0570 e. The average molecular weight is 216 g/mol. The maximum atomic E-state index is 4.05. The molecule has 0 amide bonds. The van der Waals surface area contributed by atoms with Crippen molar-refractivity contribution in [1.29, 1.82) is 0 Å². The number of rotatable bonds is 3. The summed E-state index contributed by atoms with van der Waals surface area (Å²) >= 11 is 1.74. The molecule has 2 aromatic rings. The molecule has 0 radical (unpaired) electrons. The zero-order valence-electron chi connectivity index (χ0n) is 8.47. The molecule has 2 rings (SSSR count). The highest BCUT2D eigenvalue weighted by Crippen LogP contribution is 2.20. The average Bonchev–Trinajstić information content (AvgIpc) is 2.31. The van der Waals surface area contributed by atoms with E-state index in [1.165, 1.54) is 4.90 Å². The number of nitrogens with one attached hydrogen (secondary N) is 1. The van der Waals surface area contributed by atoms with Crippen LogP contribution in [0.3, 0.4) is 0 Å². The number of hydrogen-bond donors (Lipinski definition) is 1. The summed E-state index contributed by atoms with van der Waals surface area (Å²) in [4.78, 5) is 5.32. The fourth-order valence-electron chi connectivity index (χ4n) is 1.28. The minimum Gasteiger partial charge on any atom is -0.354 e. The lowest BCUT2D eigenvalue weighted by Crippen LogP contribution is -1.89. The second-order valence-corrected chi connectivity index (χ2v) is 3.97. The van der Waals surface area contributed by atoms with Crippen LogP contribution in [0.1, 0.15) is 0 Å². The lowest BCUT2D eigenvalue weighted by molar-refractivity contribution is 1.32. The first kappa shape index (κ1) is 10.1. The van der Waals surface area contributed by atoms with E-state index in [1.807, 2.05) is 18.3 Å². The molecule has 0 fully saturated rings. The monoisotopic (exact) mass is 216 g/mol. The van der Waals surface area contributed by atoms with Gasteiger partial charge < -0.3 is 5.32 Å². The third-order valence-corrected chi connectivity index (χ3v) is 2.78. The van der Waals surface area contributed by atoms with Crippen LogP contribution >= 0.6 is 11.8 Å². The molecule has 1 aromatic heterocycles. The molecule has 0 saturated carbocycles. The molecule has 15 heavy (non-hydrogen) atoms. The van der Waals surface area contributed by atoms with Gasteiger partial charge in [0.1, 0.15) is 0 Å². The highest BCUT2D eigenvalue weighted by atomic mass is 32.2. The van der Waals surface area contributed by atoms with Crippen molar-refractivity contribution in [3.8, 4) is 0 Å². The van der Waals surface area contributed by atoms with E-state index in [0.717, 1.165) is 11.4 Å². The van der Waals surface area contributed by atoms with Gasteiger partial charge >= 0.3 is 0 Å². The van der Waals surface area contributed by atoms with Crippen LogP contribution in [0.4, 0.5) is 11.4 Å². The molecule has 2 nitrogen and oxygen atoms in total. The van der Waals surface area contributed by atoms with Crippen molar-refractivity contribution in [1.82, 2.24) is 4.98 Å². The van der Waals surface area contributed by atoms with Gasteiger partial charge in [-0.1, -0.05) is 0 Å². The van der Waals surface area contributed by atoms with Crippen LogP contribution in [0, 0.1) is 0 Å². The lowest BCUT2D eigenvalue weighted by Gasteiger charge is -2.05. The Balaban J connectivity index is 2.11. The molecule has 76 valence electrons. The number of anilines is 2. The van der Waals surface area contributed by atoms with E-state index >= 15 is 0 Å². The maximum absolute atomic E-state index is 4.05. The summed E-state index contributed by atoms with van der Waals surface area (Å²) < 4.78 is 0. The van der Waals surface area contributed by atoms with Gasteiger partial charge in [0, 0.05) is 16.8 Å². The molecule has 3 heteroatoms. The SMILES string of the molecule is CSc1ccc(Nc2cccnc2)cc1. The summed E-state index contributed by atoms with van der Waals surface area (Å²) in [5.41, 5.74) is 2.09. The molecule has 0 aliphatic rings. The molecule has 0 bridgehead atoms. The van der Waals surface area contributed by atoms with Gasteiger partial charge in [0.05, 0.1) is 11.9 Å². The van der Waals surface area contributed by atoms with Crippen LogP contribution in [-0.2, 0) is 0 Å². The van der Waals surface area contributed by atoms with E-state index in [0.29, 0.717) is 0 Å². The van der Waals surface area contributed by atoms with Gasteiger partial charge in [-0.15, -0.1) is 11.8 Å². The summed E-state index contributed by atoms with van der Waals surface area (Å²) in [6.45, 7) is 0. The predicted molar refractivity (Wildman–Crippen MR) is 65.7 cm³/mol. The van der Waals surface area contributed by atoms with Gasteiger partial charge in [-0.05, 0) is 42.7 Å².